The molecule has 0 aliphatic rings. The Morgan fingerprint density at radius 3 is 2.64 bits per heavy atom. The van der Waals surface area contributed by atoms with E-state index in [-0.39, 0.29) is 0 Å². The summed E-state index contributed by atoms with van der Waals surface area (Å²) < 4.78 is 0. The van der Waals surface area contributed by atoms with E-state index in [9.17, 15) is 0 Å². The maximum atomic E-state index is 5.52. The lowest BCUT2D eigenvalue weighted by atomic mass is 10.2. The molecule has 0 amide bonds. The van der Waals surface area contributed by atoms with Crippen LogP contribution in [0.15, 0.2) is 18.3 Å². The predicted octanol–water partition coefficient (Wildman–Crippen LogP) is 1.90. The molecule has 0 saturated heterocycles. The van der Waals surface area contributed by atoms with Crippen molar-refractivity contribution >= 4 is 5.82 Å². The molecule has 0 radical (unpaired) electrons. The molecule has 0 atom stereocenters. The molecule has 0 saturated carbocycles. The molecule has 0 unspecified atom stereocenters. The van der Waals surface area contributed by atoms with E-state index in [1.165, 1.54) is 12.0 Å². The van der Waals surface area contributed by atoms with E-state index in [1.807, 2.05) is 18.3 Å². The zero-order valence-electron chi connectivity index (χ0n) is 9.03. The van der Waals surface area contributed by atoms with Gasteiger partial charge in [-0.1, -0.05) is 19.9 Å². The summed E-state index contributed by atoms with van der Waals surface area (Å²) in [6.45, 7) is 7.57. The molecule has 0 bridgehead atoms. The van der Waals surface area contributed by atoms with Crippen LogP contribution in [0.25, 0.3) is 0 Å². The van der Waals surface area contributed by atoms with Crippen LogP contribution in [-0.2, 0) is 6.54 Å². The summed E-state index contributed by atoms with van der Waals surface area (Å²) in [5.74, 6) is 0.590. The van der Waals surface area contributed by atoms with Gasteiger partial charge in [0.2, 0.25) is 0 Å². The average Bonchev–Trinajstić information content (AvgIpc) is 2.20. The molecule has 1 heterocycles. The maximum Gasteiger partial charge on any atom is 0.123 e. The number of nitrogens with zero attached hydrogens (tertiary/aromatic N) is 2. The minimum absolute atomic E-state index is 0.590. The summed E-state index contributed by atoms with van der Waals surface area (Å²) in [5, 5.41) is 0. The van der Waals surface area contributed by atoms with Crippen molar-refractivity contribution in [2.75, 3.05) is 18.8 Å². The molecule has 0 fully saturated rings. The Kier molecular flexibility index (Phi) is 4.40. The number of nitrogens with two attached hydrogens (primary N) is 1. The Bertz CT molecular complexity index is 256. The average molecular weight is 193 g/mol. The van der Waals surface area contributed by atoms with Crippen molar-refractivity contribution in [3.05, 3.63) is 23.9 Å². The molecule has 1 aromatic rings. The lowest BCUT2D eigenvalue weighted by Crippen LogP contribution is -2.23. The van der Waals surface area contributed by atoms with Gasteiger partial charge >= 0.3 is 0 Å². The molecule has 1 rings (SSSR count). The molecule has 3 nitrogen and oxygen atoms in total. The van der Waals surface area contributed by atoms with E-state index in [0.717, 1.165) is 19.6 Å². The molecule has 14 heavy (non-hydrogen) atoms. The minimum Gasteiger partial charge on any atom is -0.384 e. The third-order valence-corrected chi connectivity index (χ3v) is 2.24. The molecule has 0 aliphatic carbocycles. The van der Waals surface area contributed by atoms with Gasteiger partial charge in [0.25, 0.3) is 0 Å². The van der Waals surface area contributed by atoms with Crippen molar-refractivity contribution in [1.29, 1.82) is 0 Å². The fourth-order valence-electron chi connectivity index (χ4n) is 1.45. The topological polar surface area (TPSA) is 42.1 Å². The highest BCUT2D eigenvalue weighted by Crippen LogP contribution is 2.05. The van der Waals surface area contributed by atoms with Crippen molar-refractivity contribution in [2.24, 2.45) is 0 Å². The standard InChI is InChI=1S/C11H19N3/c1-3-7-14(4-2)9-10-5-6-11(12)13-8-10/h5-6,8H,3-4,7,9H2,1-2H3,(H2,12,13). The third kappa shape index (κ3) is 3.34. The summed E-state index contributed by atoms with van der Waals surface area (Å²) in [6.07, 6.45) is 3.05. The number of nitrogen functional groups attached to an aromatic ring is 1. The van der Waals surface area contributed by atoms with Crippen LogP contribution < -0.4 is 5.73 Å². The summed E-state index contributed by atoms with van der Waals surface area (Å²) in [6, 6.07) is 3.90. The van der Waals surface area contributed by atoms with Crippen LogP contribution in [0.5, 0.6) is 0 Å². The van der Waals surface area contributed by atoms with Crippen LogP contribution in [0, 0.1) is 0 Å². The van der Waals surface area contributed by atoms with Gasteiger partial charge in [0.15, 0.2) is 0 Å². The second-order valence-electron chi connectivity index (χ2n) is 3.46. The fraction of sp³-hybridized carbons (Fsp3) is 0.545. The Hall–Kier alpha value is -1.09. The van der Waals surface area contributed by atoms with Crippen molar-refractivity contribution in [1.82, 2.24) is 9.88 Å². The molecular formula is C11H19N3. The quantitative estimate of drug-likeness (QED) is 0.776. The number of aromatic nitrogens is 1. The van der Waals surface area contributed by atoms with Crippen molar-refractivity contribution in [2.45, 2.75) is 26.8 Å². The smallest absolute Gasteiger partial charge is 0.123 e. The van der Waals surface area contributed by atoms with E-state index in [2.05, 4.69) is 23.7 Å². The van der Waals surface area contributed by atoms with Gasteiger partial charge in [0.05, 0.1) is 0 Å². The SMILES string of the molecule is CCCN(CC)Cc1ccc(N)nc1. The van der Waals surface area contributed by atoms with E-state index < -0.39 is 0 Å². The first-order chi connectivity index (χ1) is 6.76. The normalized spacial score (nSPS) is 10.8. The van der Waals surface area contributed by atoms with Crippen molar-refractivity contribution < 1.29 is 0 Å². The maximum absolute atomic E-state index is 5.52. The van der Waals surface area contributed by atoms with Crippen molar-refractivity contribution in [3.8, 4) is 0 Å². The van der Waals surface area contributed by atoms with Gasteiger partial charge in [-0.3, -0.25) is 4.90 Å². The highest BCUT2D eigenvalue weighted by atomic mass is 15.1. The van der Waals surface area contributed by atoms with Gasteiger partial charge in [0.1, 0.15) is 5.82 Å². The molecule has 3 heteroatoms. The minimum atomic E-state index is 0.590. The van der Waals surface area contributed by atoms with E-state index in [1.54, 1.807) is 0 Å². The van der Waals surface area contributed by atoms with Crippen LogP contribution >= 0.6 is 0 Å². The number of hydrogen-bond acceptors (Lipinski definition) is 3. The summed E-state index contributed by atoms with van der Waals surface area (Å²) in [5.41, 5.74) is 6.75. The summed E-state index contributed by atoms with van der Waals surface area (Å²) in [4.78, 5) is 6.47. The van der Waals surface area contributed by atoms with E-state index in [4.69, 9.17) is 5.73 Å². The van der Waals surface area contributed by atoms with Crippen LogP contribution in [0.4, 0.5) is 5.82 Å². The lowest BCUT2D eigenvalue weighted by Gasteiger charge is -2.19. The molecule has 78 valence electrons. The Labute approximate surface area is 85.9 Å². The molecular weight excluding hydrogens is 174 g/mol. The van der Waals surface area contributed by atoms with Gasteiger partial charge in [-0.15, -0.1) is 0 Å². The lowest BCUT2D eigenvalue weighted by molar-refractivity contribution is 0.280. The van der Waals surface area contributed by atoms with Gasteiger partial charge in [-0.25, -0.2) is 4.98 Å². The zero-order valence-corrected chi connectivity index (χ0v) is 9.03. The zero-order chi connectivity index (χ0) is 10.4. The Balaban J connectivity index is 2.53. The van der Waals surface area contributed by atoms with Crippen LogP contribution in [0.3, 0.4) is 0 Å². The van der Waals surface area contributed by atoms with E-state index >= 15 is 0 Å². The molecule has 0 aliphatic heterocycles. The molecule has 0 aromatic carbocycles. The van der Waals surface area contributed by atoms with E-state index in [0.29, 0.717) is 5.82 Å². The number of hydrogen-bond donors (Lipinski definition) is 1. The summed E-state index contributed by atoms with van der Waals surface area (Å²) in [7, 11) is 0. The van der Waals surface area contributed by atoms with Crippen LogP contribution in [0.1, 0.15) is 25.8 Å². The first-order valence-corrected chi connectivity index (χ1v) is 5.19. The molecule has 2 N–H and O–H groups in total. The largest absolute Gasteiger partial charge is 0.384 e. The molecule has 1 aromatic heterocycles. The van der Waals surface area contributed by atoms with Crippen LogP contribution in [0.2, 0.25) is 0 Å². The van der Waals surface area contributed by atoms with Gasteiger partial charge < -0.3 is 5.73 Å². The van der Waals surface area contributed by atoms with Gasteiger partial charge in [0, 0.05) is 12.7 Å². The predicted molar refractivity (Wildman–Crippen MR) is 59.9 cm³/mol. The van der Waals surface area contributed by atoms with Gasteiger partial charge in [-0.2, -0.15) is 0 Å². The monoisotopic (exact) mass is 193 g/mol. The number of anilines is 1. The second kappa shape index (κ2) is 5.60. The van der Waals surface area contributed by atoms with Crippen molar-refractivity contribution in [3.63, 3.8) is 0 Å². The van der Waals surface area contributed by atoms with Crippen LogP contribution in [-0.4, -0.2) is 23.0 Å². The third-order valence-electron chi connectivity index (χ3n) is 2.24. The number of rotatable bonds is 5. The Morgan fingerprint density at radius 1 is 1.36 bits per heavy atom. The summed E-state index contributed by atoms with van der Waals surface area (Å²) >= 11 is 0. The molecule has 0 spiro atoms. The Morgan fingerprint density at radius 2 is 2.14 bits per heavy atom. The fourth-order valence-corrected chi connectivity index (χ4v) is 1.45. The first kappa shape index (κ1) is 11.0. The highest BCUT2D eigenvalue weighted by Gasteiger charge is 2.01. The first-order valence-electron chi connectivity index (χ1n) is 5.19. The number of pyridine rings is 1. The highest BCUT2D eigenvalue weighted by molar-refractivity contribution is 5.29. The second-order valence-corrected chi connectivity index (χ2v) is 3.46. The van der Waals surface area contributed by atoms with Gasteiger partial charge in [-0.05, 0) is 31.1 Å².